The molecule has 1 aliphatic rings. The van der Waals surface area contributed by atoms with E-state index in [4.69, 9.17) is 0 Å². The Kier molecular flexibility index (Phi) is 2.00. The number of carbonyl (C=O) groups is 2. The maximum atomic E-state index is 10.8. The molecule has 0 atom stereocenters. The predicted molar refractivity (Wildman–Crippen MR) is 51.3 cm³/mol. The number of guanidine groups is 1. The van der Waals surface area contributed by atoms with E-state index < -0.39 is 11.8 Å². The third-order valence-electron chi connectivity index (χ3n) is 1.89. The number of aliphatic imine (C=N–C) groups is 1. The molecule has 2 amide bonds. The largest absolute Gasteiger partial charge is 0.316 e. The van der Waals surface area contributed by atoms with Gasteiger partial charge in [0.05, 0.1) is 11.9 Å². The second-order valence-electron chi connectivity index (χ2n) is 3.14. The first-order valence-corrected chi connectivity index (χ1v) is 4.27. The number of aryl methyl sites for hydroxylation is 2. The van der Waals surface area contributed by atoms with Gasteiger partial charge in [-0.3, -0.25) is 24.9 Å². The summed E-state index contributed by atoms with van der Waals surface area (Å²) in [6.07, 6.45) is 1.69. The third kappa shape index (κ3) is 1.71. The van der Waals surface area contributed by atoms with Gasteiger partial charge in [0, 0.05) is 7.05 Å². The number of nitrogens with one attached hydrogen (secondary N) is 2. The van der Waals surface area contributed by atoms with E-state index in [1.54, 1.807) is 24.9 Å². The van der Waals surface area contributed by atoms with Crippen LogP contribution in [0.5, 0.6) is 0 Å². The molecule has 1 aromatic rings. The van der Waals surface area contributed by atoms with Crippen molar-refractivity contribution in [3.63, 3.8) is 0 Å². The number of rotatable bonds is 1. The zero-order valence-electron chi connectivity index (χ0n) is 8.24. The van der Waals surface area contributed by atoms with Gasteiger partial charge in [-0.25, -0.2) is 4.99 Å². The van der Waals surface area contributed by atoms with Crippen molar-refractivity contribution in [3.8, 4) is 0 Å². The maximum Gasteiger partial charge on any atom is 0.316 e. The highest BCUT2D eigenvalue weighted by Crippen LogP contribution is 2.15. The first-order chi connectivity index (χ1) is 7.06. The molecule has 1 aromatic heterocycles. The van der Waals surface area contributed by atoms with Crippen molar-refractivity contribution in [1.29, 1.82) is 0 Å². The summed E-state index contributed by atoms with van der Waals surface area (Å²) in [5.74, 6) is -1.26. The molecule has 1 saturated heterocycles. The maximum absolute atomic E-state index is 10.8. The van der Waals surface area contributed by atoms with Gasteiger partial charge in [-0.15, -0.1) is 0 Å². The topological polar surface area (TPSA) is 88.4 Å². The minimum atomic E-state index is -0.699. The number of amides is 2. The van der Waals surface area contributed by atoms with E-state index in [9.17, 15) is 9.59 Å². The van der Waals surface area contributed by atoms with Crippen molar-refractivity contribution < 1.29 is 9.59 Å². The summed E-state index contributed by atoms with van der Waals surface area (Å²) in [7, 11) is 1.77. The number of hydrogen-bond donors (Lipinski definition) is 2. The van der Waals surface area contributed by atoms with Gasteiger partial charge in [-0.05, 0) is 6.92 Å². The summed E-state index contributed by atoms with van der Waals surface area (Å²) in [5, 5.41) is 8.68. The summed E-state index contributed by atoms with van der Waals surface area (Å²) in [5.41, 5.74) is 1.33. The molecule has 0 radical (unpaired) electrons. The Labute approximate surface area is 85.2 Å². The molecule has 78 valence electrons. The van der Waals surface area contributed by atoms with Gasteiger partial charge in [0.2, 0.25) is 5.96 Å². The molecule has 1 fully saturated rings. The quantitative estimate of drug-likeness (QED) is 0.576. The first kappa shape index (κ1) is 9.38. The van der Waals surface area contributed by atoms with Crippen LogP contribution in [0.1, 0.15) is 5.69 Å². The van der Waals surface area contributed by atoms with E-state index in [0.29, 0.717) is 5.69 Å². The van der Waals surface area contributed by atoms with Crippen LogP contribution in [0.3, 0.4) is 0 Å². The summed E-state index contributed by atoms with van der Waals surface area (Å²) in [6.45, 7) is 1.79. The highest BCUT2D eigenvalue weighted by Gasteiger charge is 2.25. The number of hydrogen-bond acceptors (Lipinski definition) is 4. The van der Waals surface area contributed by atoms with Crippen LogP contribution >= 0.6 is 0 Å². The molecule has 0 aliphatic carbocycles. The second kappa shape index (κ2) is 3.19. The smallest absolute Gasteiger partial charge is 0.288 e. The summed E-state index contributed by atoms with van der Waals surface area (Å²) in [4.78, 5) is 25.7. The zero-order valence-corrected chi connectivity index (χ0v) is 8.24. The minimum Gasteiger partial charge on any atom is -0.288 e. The van der Waals surface area contributed by atoms with Crippen LogP contribution in [-0.4, -0.2) is 27.6 Å². The molecule has 0 bridgehead atoms. The van der Waals surface area contributed by atoms with Crippen molar-refractivity contribution in [2.45, 2.75) is 6.92 Å². The van der Waals surface area contributed by atoms with Crippen molar-refractivity contribution >= 4 is 23.5 Å². The van der Waals surface area contributed by atoms with Crippen molar-refractivity contribution in [3.05, 3.63) is 11.9 Å². The highest BCUT2D eigenvalue weighted by molar-refractivity contribution is 6.45. The normalized spacial score (nSPS) is 15.2. The summed E-state index contributed by atoms with van der Waals surface area (Å²) >= 11 is 0. The lowest BCUT2D eigenvalue weighted by Crippen LogP contribution is -2.25. The third-order valence-corrected chi connectivity index (χ3v) is 1.89. The average molecular weight is 207 g/mol. The minimum absolute atomic E-state index is 0.140. The predicted octanol–water partition coefficient (Wildman–Crippen LogP) is -1.04. The van der Waals surface area contributed by atoms with Crippen LogP contribution in [0.15, 0.2) is 11.2 Å². The molecule has 0 saturated carbocycles. The molecule has 2 N–H and O–H groups in total. The summed E-state index contributed by atoms with van der Waals surface area (Å²) < 4.78 is 1.60. The van der Waals surface area contributed by atoms with Gasteiger partial charge < -0.3 is 0 Å². The van der Waals surface area contributed by atoms with E-state index >= 15 is 0 Å². The fourth-order valence-corrected chi connectivity index (χ4v) is 1.23. The standard InChI is InChI=1S/C8H9N5O2/c1-4-5(3-13(2)12-4)9-8-10-6(14)7(15)11-8/h3H,1-2H3,(H2,9,10,11,14,15). The molecular formula is C8H9N5O2. The highest BCUT2D eigenvalue weighted by atomic mass is 16.2. The van der Waals surface area contributed by atoms with Crippen LogP contribution < -0.4 is 10.6 Å². The Morgan fingerprint density at radius 1 is 1.33 bits per heavy atom. The summed E-state index contributed by atoms with van der Waals surface area (Å²) in [6, 6.07) is 0. The lowest BCUT2D eigenvalue weighted by molar-refractivity contribution is -0.135. The van der Waals surface area contributed by atoms with Gasteiger partial charge in [0.25, 0.3) is 0 Å². The number of aromatic nitrogens is 2. The lowest BCUT2D eigenvalue weighted by atomic mass is 10.4. The van der Waals surface area contributed by atoms with Crippen LogP contribution in [-0.2, 0) is 16.6 Å². The Balaban J connectivity index is 2.28. The van der Waals surface area contributed by atoms with Gasteiger partial charge in [-0.1, -0.05) is 0 Å². The first-order valence-electron chi connectivity index (χ1n) is 4.27. The van der Waals surface area contributed by atoms with E-state index in [0.717, 1.165) is 5.69 Å². The molecule has 1 aliphatic heterocycles. The SMILES string of the molecule is Cc1nn(C)cc1N=C1NC(=O)C(=O)N1. The van der Waals surface area contributed by atoms with Crippen molar-refractivity contribution in [2.75, 3.05) is 0 Å². The molecule has 7 heteroatoms. The monoisotopic (exact) mass is 207 g/mol. The van der Waals surface area contributed by atoms with E-state index in [-0.39, 0.29) is 5.96 Å². The van der Waals surface area contributed by atoms with Gasteiger partial charge in [0.15, 0.2) is 0 Å². The molecule has 15 heavy (non-hydrogen) atoms. The van der Waals surface area contributed by atoms with Gasteiger partial charge in [-0.2, -0.15) is 5.10 Å². The van der Waals surface area contributed by atoms with Crippen LogP contribution in [0.25, 0.3) is 0 Å². The van der Waals surface area contributed by atoms with Crippen LogP contribution in [0, 0.1) is 6.92 Å². The van der Waals surface area contributed by atoms with Crippen LogP contribution in [0.4, 0.5) is 5.69 Å². The molecule has 0 aromatic carbocycles. The fraction of sp³-hybridized carbons (Fsp3) is 0.250. The van der Waals surface area contributed by atoms with E-state index in [1.807, 2.05) is 0 Å². The molecule has 7 nitrogen and oxygen atoms in total. The molecule has 0 spiro atoms. The van der Waals surface area contributed by atoms with Gasteiger partial charge >= 0.3 is 11.8 Å². The fourth-order valence-electron chi connectivity index (χ4n) is 1.23. The molecular weight excluding hydrogens is 198 g/mol. The lowest BCUT2D eigenvalue weighted by Gasteiger charge is -1.93. The number of nitrogens with zero attached hydrogens (tertiary/aromatic N) is 3. The average Bonchev–Trinajstić information content (AvgIpc) is 2.59. The van der Waals surface area contributed by atoms with Crippen molar-refractivity contribution in [2.24, 2.45) is 12.0 Å². The Morgan fingerprint density at radius 3 is 2.40 bits per heavy atom. The molecule has 2 rings (SSSR count). The van der Waals surface area contributed by atoms with Crippen molar-refractivity contribution in [1.82, 2.24) is 20.4 Å². The van der Waals surface area contributed by atoms with E-state index in [2.05, 4.69) is 20.7 Å². The van der Waals surface area contributed by atoms with Crippen LogP contribution in [0.2, 0.25) is 0 Å². The van der Waals surface area contributed by atoms with E-state index in [1.165, 1.54) is 0 Å². The second-order valence-corrected chi connectivity index (χ2v) is 3.14. The Morgan fingerprint density at radius 2 is 1.93 bits per heavy atom. The Bertz CT molecular complexity index is 455. The molecule has 0 unspecified atom stereocenters. The van der Waals surface area contributed by atoms with Gasteiger partial charge in [0.1, 0.15) is 5.69 Å². The molecule has 2 heterocycles. The zero-order chi connectivity index (χ0) is 11.0. The Hall–Kier alpha value is -2.18. The number of carbonyl (C=O) groups excluding carboxylic acids is 2.